The van der Waals surface area contributed by atoms with Gasteiger partial charge in [0.25, 0.3) is 15.9 Å². The van der Waals surface area contributed by atoms with Crippen molar-refractivity contribution < 1.29 is 18.0 Å². The zero-order valence-electron chi connectivity index (χ0n) is 19.1. The third kappa shape index (κ3) is 6.69. The summed E-state index contributed by atoms with van der Waals surface area (Å²) in [5, 5.41) is 8.76. The minimum absolute atomic E-state index is 0.0533. The van der Waals surface area contributed by atoms with Gasteiger partial charge in [-0.25, -0.2) is 8.42 Å². The zero-order chi connectivity index (χ0) is 24.0. The summed E-state index contributed by atoms with van der Waals surface area (Å²) in [5.74, 6) is -0.194. The number of amides is 2. The molecule has 0 aromatic heterocycles. The van der Waals surface area contributed by atoms with E-state index in [1.165, 1.54) is 31.2 Å². The first kappa shape index (κ1) is 24.5. The van der Waals surface area contributed by atoms with Crippen molar-refractivity contribution in [1.29, 1.82) is 0 Å². The molecule has 0 radical (unpaired) electrons. The van der Waals surface area contributed by atoms with Crippen LogP contribution < -0.4 is 25.6 Å². The Morgan fingerprint density at radius 2 is 1.73 bits per heavy atom. The Hall–Kier alpha value is -3.11. The van der Waals surface area contributed by atoms with Crippen LogP contribution >= 0.6 is 0 Å². The number of rotatable bonds is 8. The summed E-state index contributed by atoms with van der Waals surface area (Å²) in [4.78, 5) is 26.0. The van der Waals surface area contributed by atoms with Gasteiger partial charge in [0.15, 0.2) is 0 Å². The number of piperazine rings is 1. The summed E-state index contributed by atoms with van der Waals surface area (Å²) in [7, 11) is -3.92. The molecule has 0 unspecified atom stereocenters. The van der Waals surface area contributed by atoms with Crippen LogP contribution in [-0.4, -0.2) is 53.0 Å². The van der Waals surface area contributed by atoms with E-state index in [4.69, 9.17) is 0 Å². The van der Waals surface area contributed by atoms with E-state index in [-0.39, 0.29) is 16.7 Å². The lowest BCUT2D eigenvalue weighted by Gasteiger charge is -2.31. The number of hydrogen-bond donors (Lipinski definition) is 4. The first-order valence-electron chi connectivity index (χ1n) is 10.9. The highest BCUT2D eigenvalue weighted by Gasteiger charge is 2.21. The predicted molar refractivity (Wildman–Crippen MR) is 130 cm³/mol. The lowest BCUT2D eigenvalue weighted by molar-refractivity contribution is -0.114. The molecular weight excluding hydrogens is 442 g/mol. The van der Waals surface area contributed by atoms with Crippen LogP contribution in [0, 0.1) is 5.92 Å². The Balaban J connectivity index is 1.91. The molecule has 1 aliphatic rings. The van der Waals surface area contributed by atoms with Crippen LogP contribution in [0.15, 0.2) is 47.4 Å². The molecule has 1 aliphatic heterocycles. The van der Waals surface area contributed by atoms with Crippen LogP contribution in [0.4, 0.5) is 17.1 Å². The van der Waals surface area contributed by atoms with Gasteiger partial charge < -0.3 is 20.9 Å². The lowest BCUT2D eigenvalue weighted by atomic mass is 10.1. The molecule has 178 valence electrons. The second-order valence-electron chi connectivity index (χ2n) is 8.38. The first-order valence-corrected chi connectivity index (χ1v) is 12.4. The predicted octanol–water partition coefficient (Wildman–Crippen LogP) is 2.24. The summed E-state index contributed by atoms with van der Waals surface area (Å²) >= 11 is 0. The number of sulfonamides is 1. The van der Waals surface area contributed by atoms with Gasteiger partial charge in [-0.2, -0.15) is 0 Å². The number of benzene rings is 2. The molecule has 3 rings (SSSR count). The van der Waals surface area contributed by atoms with Crippen molar-refractivity contribution in [2.24, 2.45) is 5.92 Å². The lowest BCUT2D eigenvalue weighted by Crippen LogP contribution is -2.43. The molecular formula is C23H31N5O4S. The maximum atomic E-state index is 13.1. The molecule has 10 heteroatoms. The van der Waals surface area contributed by atoms with E-state index in [2.05, 4.69) is 25.6 Å². The van der Waals surface area contributed by atoms with Gasteiger partial charge >= 0.3 is 0 Å². The minimum atomic E-state index is -3.92. The molecule has 9 nitrogen and oxygen atoms in total. The minimum Gasteiger partial charge on any atom is -0.367 e. The second-order valence-corrected chi connectivity index (χ2v) is 10.1. The van der Waals surface area contributed by atoms with Crippen molar-refractivity contribution in [2.45, 2.75) is 25.7 Å². The third-order valence-electron chi connectivity index (χ3n) is 5.12. The average molecular weight is 474 g/mol. The van der Waals surface area contributed by atoms with Gasteiger partial charge in [0.1, 0.15) is 0 Å². The number of carbonyl (C=O) groups is 2. The average Bonchev–Trinajstić information content (AvgIpc) is 2.77. The molecule has 0 atom stereocenters. The topological polar surface area (TPSA) is 120 Å². The van der Waals surface area contributed by atoms with Crippen LogP contribution in [0.5, 0.6) is 0 Å². The van der Waals surface area contributed by atoms with Crippen LogP contribution in [0.25, 0.3) is 0 Å². The standard InChI is InChI=1S/C23H31N5O4S/c1-16(2)15-25-23(30)18-4-9-22(28-12-10-24-11-13-28)21(14-18)27-33(31,32)20-7-5-19(6-8-20)26-17(3)29/h4-9,14,16,24,27H,10-13,15H2,1-3H3,(H,25,30)(H,26,29). The summed E-state index contributed by atoms with van der Waals surface area (Å²) in [5.41, 5.74) is 1.95. The van der Waals surface area contributed by atoms with Gasteiger partial charge in [0.05, 0.1) is 16.3 Å². The molecule has 0 saturated carbocycles. The number of carbonyl (C=O) groups excluding carboxylic acids is 2. The van der Waals surface area contributed by atoms with E-state index in [9.17, 15) is 18.0 Å². The fraction of sp³-hybridized carbons (Fsp3) is 0.391. The number of nitrogens with zero attached hydrogens (tertiary/aromatic N) is 1. The van der Waals surface area contributed by atoms with Crippen molar-refractivity contribution >= 4 is 38.9 Å². The zero-order valence-corrected chi connectivity index (χ0v) is 20.0. The van der Waals surface area contributed by atoms with E-state index in [0.29, 0.717) is 29.4 Å². The maximum absolute atomic E-state index is 13.1. The van der Waals surface area contributed by atoms with Gasteiger partial charge in [-0.1, -0.05) is 13.8 Å². The summed E-state index contributed by atoms with van der Waals surface area (Å²) < 4.78 is 28.9. The van der Waals surface area contributed by atoms with Gasteiger partial charge in [0, 0.05) is 50.9 Å². The van der Waals surface area contributed by atoms with E-state index >= 15 is 0 Å². The summed E-state index contributed by atoms with van der Waals surface area (Å²) in [6.07, 6.45) is 0. The van der Waals surface area contributed by atoms with Gasteiger partial charge in [-0.05, 0) is 48.4 Å². The molecule has 0 bridgehead atoms. The molecule has 33 heavy (non-hydrogen) atoms. The fourth-order valence-corrected chi connectivity index (χ4v) is 4.53. The molecule has 4 N–H and O–H groups in total. The molecule has 2 aromatic rings. The van der Waals surface area contributed by atoms with Crippen molar-refractivity contribution in [3.05, 3.63) is 48.0 Å². The van der Waals surface area contributed by atoms with Crippen molar-refractivity contribution in [2.75, 3.05) is 47.7 Å². The highest BCUT2D eigenvalue weighted by Crippen LogP contribution is 2.30. The first-order chi connectivity index (χ1) is 15.7. The Labute approximate surface area is 195 Å². The molecule has 0 aliphatic carbocycles. The SMILES string of the molecule is CC(=O)Nc1ccc(S(=O)(=O)Nc2cc(C(=O)NCC(C)C)ccc2N2CCNCC2)cc1. The van der Waals surface area contributed by atoms with E-state index in [0.717, 1.165) is 31.9 Å². The molecule has 2 amide bonds. The highest BCUT2D eigenvalue weighted by atomic mass is 32.2. The van der Waals surface area contributed by atoms with Crippen molar-refractivity contribution in [1.82, 2.24) is 10.6 Å². The Kier molecular flexibility index (Phi) is 7.93. The smallest absolute Gasteiger partial charge is 0.261 e. The van der Waals surface area contributed by atoms with E-state index in [1.807, 2.05) is 13.8 Å². The van der Waals surface area contributed by atoms with E-state index in [1.54, 1.807) is 18.2 Å². The van der Waals surface area contributed by atoms with Gasteiger partial charge in [0.2, 0.25) is 5.91 Å². The molecule has 1 saturated heterocycles. The van der Waals surface area contributed by atoms with Crippen LogP contribution in [0.3, 0.4) is 0 Å². The van der Waals surface area contributed by atoms with Crippen molar-refractivity contribution in [3.63, 3.8) is 0 Å². The van der Waals surface area contributed by atoms with Gasteiger partial charge in [-0.3, -0.25) is 14.3 Å². The Morgan fingerprint density at radius 1 is 1.06 bits per heavy atom. The normalized spacial score (nSPS) is 14.1. The fourth-order valence-electron chi connectivity index (χ4n) is 3.46. The number of anilines is 3. The molecule has 1 heterocycles. The Morgan fingerprint density at radius 3 is 2.33 bits per heavy atom. The number of hydrogen-bond acceptors (Lipinski definition) is 6. The van der Waals surface area contributed by atoms with Gasteiger partial charge in [-0.15, -0.1) is 0 Å². The third-order valence-corrected chi connectivity index (χ3v) is 6.50. The number of nitrogens with one attached hydrogen (secondary N) is 4. The monoisotopic (exact) mass is 473 g/mol. The van der Waals surface area contributed by atoms with Crippen molar-refractivity contribution in [3.8, 4) is 0 Å². The quantitative estimate of drug-likeness (QED) is 0.467. The Bertz CT molecular complexity index is 1090. The highest BCUT2D eigenvalue weighted by molar-refractivity contribution is 7.92. The largest absolute Gasteiger partial charge is 0.367 e. The maximum Gasteiger partial charge on any atom is 0.261 e. The molecule has 2 aromatic carbocycles. The van der Waals surface area contributed by atoms with Crippen LogP contribution in [-0.2, 0) is 14.8 Å². The molecule has 0 spiro atoms. The van der Waals surface area contributed by atoms with E-state index < -0.39 is 10.0 Å². The van der Waals surface area contributed by atoms with Crippen LogP contribution in [0.2, 0.25) is 0 Å². The summed E-state index contributed by atoms with van der Waals surface area (Å²) in [6.45, 7) is 8.93. The van der Waals surface area contributed by atoms with Crippen LogP contribution in [0.1, 0.15) is 31.1 Å². The second kappa shape index (κ2) is 10.7. The summed E-state index contributed by atoms with van der Waals surface area (Å²) in [6, 6.07) is 11.0. The molecule has 1 fully saturated rings.